The number of halogens is 1. The number of hydrogen-bond donors (Lipinski definition) is 1. The van der Waals surface area contributed by atoms with Gasteiger partial charge in [-0.15, -0.1) is 0 Å². The molecule has 0 radical (unpaired) electrons. The molecule has 0 bridgehead atoms. The summed E-state index contributed by atoms with van der Waals surface area (Å²) in [5.74, 6) is 0.825. The number of piperazine rings is 1. The Morgan fingerprint density at radius 3 is 3.18 bits per heavy atom. The molecular weight excluding hydrogens is 304 g/mol. The second-order valence-electron chi connectivity index (χ2n) is 5.54. The van der Waals surface area contributed by atoms with E-state index >= 15 is 0 Å². The van der Waals surface area contributed by atoms with Gasteiger partial charge in [-0.3, -0.25) is 4.79 Å². The normalized spacial score (nSPS) is 18.5. The first kappa shape index (κ1) is 15.0. The molecule has 1 aliphatic heterocycles. The molecule has 1 saturated heterocycles. The van der Waals surface area contributed by atoms with Gasteiger partial charge in [0.05, 0.1) is 26.1 Å². The standard InChI is InChI=1S/C15H17ClN4O2/c1-10-9-20(6-5-17-10)14(21)8-13-18-15(22-19-13)11-3-2-4-12(16)7-11/h2-4,7,10,17H,5-6,8-9H2,1H3/p+1/t10-/m0/s1. The summed E-state index contributed by atoms with van der Waals surface area (Å²) in [6, 6.07) is 7.62. The van der Waals surface area contributed by atoms with Gasteiger partial charge in [-0.1, -0.05) is 22.8 Å². The fourth-order valence-corrected chi connectivity index (χ4v) is 2.76. The lowest BCUT2D eigenvalue weighted by Crippen LogP contribution is -2.94. The molecule has 1 atom stereocenters. The monoisotopic (exact) mass is 321 g/mol. The van der Waals surface area contributed by atoms with E-state index in [4.69, 9.17) is 16.1 Å². The summed E-state index contributed by atoms with van der Waals surface area (Å²) >= 11 is 5.95. The molecule has 1 aromatic heterocycles. The van der Waals surface area contributed by atoms with Gasteiger partial charge >= 0.3 is 0 Å². The number of aromatic nitrogens is 2. The molecule has 0 aliphatic carbocycles. The Hall–Kier alpha value is -1.92. The highest BCUT2D eigenvalue weighted by atomic mass is 35.5. The van der Waals surface area contributed by atoms with Crippen LogP contribution >= 0.6 is 11.6 Å². The molecule has 116 valence electrons. The van der Waals surface area contributed by atoms with E-state index in [0.717, 1.165) is 25.2 Å². The second-order valence-corrected chi connectivity index (χ2v) is 5.98. The first-order valence-corrected chi connectivity index (χ1v) is 7.69. The maximum atomic E-state index is 12.3. The van der Waals surface area contributed by atoms with Crippen molar-refractivity contribution in [2.45, 2.75) is 19.4 Å². The smallest absolute Gasteiger partial charge is 0.257 e. The lowest BCUT2D eigenvalue weighted by molar-refractivity contribution is -0.693. The van der Waals surface area contributed by atoms with Crippen molar-refractivity contribution in [3.63, 3.8) is 0 Å². The van der Waals surface area contributed by atoms with Gasteiger partial charge in [-0.25, -0.2) is 0 Å². The number of carbonyl (C=O) groups excluding carboxylic acids is 1. The minimum Gasteiger partial charge on any atom is -0.341 e. The highest BCUT2D eigenvalue weighted by molar-refractivity contribution is 6.30. The van der Waals surface area contributed by atoms with Crippen molar-refractivity contribution in [2.75, 3.05) is 19.6 Å². The van der Waals surface area contributed by atoms with E-state index in [2.05, 4.69) is 22.4 Å². The summed E-state index contributed by atoms with van der Waals surface area (Å²) in [4.78, 5) is 18.4. The number of nitrogens with two attached hydrogens (primary N) is 1. The van der Waals surface area contributed by atoms with Crippen LogP contribution in [0.1, 0.15) is 12.7 Å². The Bertz CT molecular complexity index is 673. The number of amides is 1. The Morgan fingerprint density at radius 1 is 1.55 bits per heavy atom. The van der Waals surface area contributed by atoms with Crippen LogP contribution < -0.4 is 5.32 Å². The molecule has 6 nitrogen and oxygen atoms in total. The number of carbonyl (C=O) groups is 1. The molecule has 0 unspecified atom stereocenters. The van der Waals surface area contributed by atoms with Crippen molar-refractivity contribution in [2.24, 2.45) is 0 Å². The van der Waals surface area contributed by atoms with Crippen molar-refractivity contribution in [3.8, 4) is 11.5 Å². The van der Waals surface area contributed by atoms with Crippen LogP contribution in [0.3, 0.4) is 0 Å². The van der Waals surface area contributed by atoms with Gasteiger partial charge in [0.15, 0.2) is 5.82 Å². The van der Waals surface area contributed by atoms with Gasteiger partial charge < -0.3 is 14.7 Å². The summed E-state index contributed by atoms with van der Waals surface area (Å²) in [6.07, 6.45) is 0.163. The lowest BCUT2D eigenvalue weighted by Gasteiger charge is -2.29. The molecule has 1 fully saturated rings. The summed E-state index contributed by atoms with van der Waals surface area (Å²) < 4.78 is 5.22. The van der Waals surface area contributed by atoms with Crippen molar-refractivity contribution in [1.29, 1.82) is 0 Å². The number of hydrogen-bond acceptors (Lipinski definition) is 4. The third-order valence-electron chi connectivity index (χ3n) is 3.68. The van der Waals surface area contributed by atoms with E-state index < -0.39 is 0 Å². The zero-order chi connectivity index (χ0) is 15.5. The minimum absolute atomic E-state index is 0.0402. The molecule has 2 N–H and O–H groups in total. The van der Waals surface area contributed by atoms with E-state index in [-0.39, 0.29) is 12.3 Å². The third kappa shape index (κ3) is 3.45. The van der Waals surface area contributed by atoms with Crippen LogP contribution in [0.15, 0.2) is 28.8 Å². The van der Waals surface area contributed by atoms with Crippen LogP contribution in [0.5, 0.6) is 0 Å². The molecule has 3 rings (SSSR count). The second kappa shape index (κ2) is 6.46. The highest BCUT2D eigenvalue weighted by Gasteiger charge is 2.24. The quantitative estimate of drug-likeness (QED) is 0.904. The zero-order valence-corrected chi connectivity index (χ0v) is 13.1. The van der Waals surface area contributed by atoms with E-state index in [0.29, 0.717) is 22.8 Å². The molecule has 1 aromatic carbocycles. The average molecular weight is 322 g/mol. The van der Waals surface area contributed by atoms with Crippen LogP contribution in [0.2, 0.25) is 5.02 Å². The summed E-state index contributed by atoms with van der Waals surface area (Å²) in [5.41, 5.74) is 0.750. The van der Waals surface area contributed by atoms with Crippen molar-refractivity contribution >= 4 is 17.5 Å². The van der Waals surface area contributed by atoms with Crippen molar-refractivity contribution < 1.29 is 14.6 Å². The lowest BCUT2D eigenvalue weighted by atomic mass is 10.2. The zero-order valence-electron chi connectivity index (χ0n) is 12.3. The third-order valence-corrected chi connectivity index (χ3v) is 3.91. The Balaban J connectivity index is 1.68. The molecule has 2 heterocycles. The largest absolute Gasteiger partial charge is 0.341 e. The first-order valence-electron chi connectivity index (χ1n) is 7.31. The van der Waals surface area contributed by atoms with Gasteiger partial charge in [0.1, 0.15) is 6.04 Å². The van der Waals surface area contributed by atoms with Gasteiger partial charge in [-0.2, -0.15) is 4.98 Å². The van der Waals surface area contributed by atoms with Crippen LogP contribution in [-0.4, -0.2) is 46.6 Å². The molecule has 0 saturated carbocycles. The molecule has 22 heavy (non-hydrogen) atoms. The number of benzene rings is 1. The maximum absolute atomic E-state index is 12.3. The number of nitrogens with zero attached hydrogens (tertiary/aromatic N) is 3. The maximum Gasteiger partial charge on any atom is 0.257 e. The molecule has 7 heteroatoms. The average Bonchev–Trinajstić information content (AvgIpc) is 2.96. The Morgan fingerprint density at radius 2 is 2.41 bits per heavy atom. The Labute approximate surface area is 133 Å². The number of rotatable bonds is 3. The van der Waals surface area contributed by atoms with E-state index in [1.54, 1.807) is 12.1 Å². The molecule has 1 amide bonds. The van der Waals surface area contributed by atoms with Crippen molar-refractivity contribution in [3.05, 3.63) is 35.1 Å². The molecule has 1 aliphatic rings. The topological polar surface area (TPSA) is 75.8 Å². The minimum atomic E-state index is 0.0402. The van der Waals surface area contributed by atoms with Gasteiger partial charge in [0.2, 0.25) is 5.91 Å². The summed E-state index contributed by atoms with van der Waals surface area (Å²) in [7, 11) is 0. The highest BCUT2D eigenvalue weighted by Crippen LogP contribution is 2.21. The predicted molar refractivity (Wildman–Crippen MR) is 81.3 cm³/mol. The SMILES string of the molecule is C[C@H]1CN(C(=O)Cc2noc(-c3cccc(Cl)c3)n2)CC[NH2+]1. The van der Waals surface area contributed by atoms with E-state index in [9.17, 15) is 4.79 Å². The van der Waals surface area contributed by atoms with Gasteiger partial charge in [0, 0.05) is 10.6 Å². The molecule has 0 spiro atoms. The van der Waals surface area contributed by atoms with Crippen LogP contribution in [0, 0.1) is 0 Å². The molecular formula is C15H18ClN4O2+. The van der Waals surface area contributed by atoms with Crippen LogP contribution in [0.4, 0.5) is 0 Å². The summed E-state index contributed by atoms with van der Waals surface area (Å²) in [6.45, 7) is 4.58. The summed E-state index contributed by atoms with van der Waals surface area (Å²) in [5, 5.41) is 6.74. The fraction of sp³-hybridized carbons (Fsp3) is 0.400. The van der Waals surface area contributed by atoms with Crippen LogP contribution in [0.25, 0.3) is 11.5 Å². The van der Waals surface area contributed by atoms with Gasteiger partial charge in [-0.05, 0) is 25.1 Å². The first-order chi connectivity index (χ1) is 10.6. The van der Waals surface area contributed by atoms with E-state index in [1.165, 1.54) is 0 Å². The van der Waals surface area contributed by atoms with Gasteiger partial charge in [0.25, 0.3) is 5.89 Å². The van der Waals surface area contributed by atoms with Crippen molar-refractivity contribution in [1.82, 2.24) is 15.0 Å². The van der Waals surface area contributed by atoms with Crippen LogP contribution in [-0.2, 0) is 11.2 Å². The van der Waals surface area contributed by atoms with E-state index in [1.807, 2.05) is 17.0 Å². The number of quaternary nitrogens is 1. The fourth-order valence-electron chi connectivity index (χ4n) is 2.57. The Kier molecular flexibility index (Phi) is 4.40. The predicted octanol–water partition coefficient (Wildman–Crippen LogP) is 0.727. The molecule has 2 aromatic rings.